The summed E-state index contributed by atoms with van der Waals surface area (Å²) in [6, 6.07) is 5.14. The molecule has 2 aliphatic rings. The fourth-order valence-corrected chi connectivity index (χ4v) is 2.45. The van der Waals surface area contributed by atoms with Crippen molar-refractivity contribution in [2.24, 2.45) is 0 Å². The molecular formula is C14H8BrNO2. The van der Waals surface area contributed by atoms with Gasteiger partial charge in [-0.25, -0.2) is 0 Å². The Kier molecular flexibility index (Phi) is 2.52. The van der Waals surface area contributed by atoms with E-state index in [1.165, 1.54) is 0 Å². The second-order valence-electron chi connectivity index (χ2n) is 4.01. The Hall–Kier alpha value is -1.94. The minimum absolute atomic E-state index is 0.200. The molecule has 0 aromatic heterocycles. The van der Waals surface area contributed by atoms with E-state index in [4.69, 9.17) is 0 Å². The Balaban J connectivity index is 2.21. The molecule has 0 radical (unpaired) electrons. The van der Waals surface area contributed by atoms with Gasteiger partial charge in [-0.1, -0.05) is 15.9 Å². The highest BCUT2D eigenvalue weighted by atomic mass is 79.9. The van der Waals surface area contributed by atoms with Gasteiger partial charge in [-0.15, -0.1) is 0 Å². The Morgan fingerprint density at radius 3 is 2.33 bits per heavy atom. The fraction of sp³-hybridized carbons (Fsp3) is 0. The van der Waals surface area contributed by atoms with Crippen molar-refractivity contribution in [3.05, 3.63) is 69.5 Å². The lowest BCUT2D eigenvalue weighted by Gasteiger charge is -2.04. The van der Waals surface area contributed by atoms with Gasteiger partial charge in [0.2, 0.25) is 0 Å². The van der Waals surface area contributed by atoms with E-state index in [0.717, 1.165) is 4.47 Å². The number of fused-ring (bicyclic) bond motifs is 1. The standard InChI is InChI=1S/C14H8BrNO2/c15-9-1-2-10-11(7-9)14(18)12(13(10)17)8-3-5-16-6-4-8/h1-7,16H. The summed E-state index contributed by atoms with van der Waals surface area (Å²) in [5.74, 6) is -0.406. The van der Waals surface area contributed by atoms with Crippen molar-refractivity contribution in [1.29, 1.82) is 0 Å². The lowest BCUT2D eigenvalue weighted by molar-refractivity contribution is 0.0988. The number of rotatable bonds is 0. The molecule has 0 atom stereocenters. The molecule has 0 saturated heterocycles. The number of nitrogens with one attached hydrogen (secondary N) is 1. The van der Waals surface area contributed by atoms with Crippen LogP contribution < -0.4 is 5.32 Å². The van der Waals surface area contributed by atoms with Gasteiger partial charge in [0.1, 0.15) is 0 Å². The van der Waals surface area contributed by atoms with Crippen LogP contribution in [0.4, 0.5) is 0 Å². The lowest BCUT2D eigenvalue weighted by Crippen LogP contribution is -2.07. The van der Waals surface area contributed by atoms with E-state index in [1.807, 2.05) is 0 Å². The third-order valence-electron chi connectivity index (χ3n) is 2.93. The van der Waals surface area contributed by atoms with Gasteiger partial charge in [0.15, 0.2) is 11.6 Å². The summed E-state index contributed by atoms with van der Waals surface area (Å²) in [4.78, 5) is 24.5. The van der Waals surface area contributed by atoms with Crippen molar-refractivity contribution in [2.45, 2.75) is 0 Å². The van der Waals surface area contributed by atoms with Gasteiger partial charge < -0.3 is 5.32 Å². The van der Waals surface area contributed by atoms with Crippen LogP contribution in [0.25, 0.3) is 0 Å². The fourth-order valence-electron chi connectivity index (χ4n) is 2.09. The molecule has 0 fully saturated rings. The number of halogens is 1. The normalized spacial score (nSPS) is 17.2. The molecular weight excluding hydrogens is 294 g/mol. The zero-order chi connectivity index (χ0) is 12.7. The van der Waals surface area contributed by atoms with E-state index >= 15 is 0 Å². The summed E-state index contributed by atoms with van der Waals surface area (Å²) < 4.78 is 0.796. The van der Waals surface area contributed by atoms with Gasteiger partial charge >= 0.3 is 0 Å². The molecule has 0 amide bonds. The summed E-state index contributed by atoms with van der Waals surface area (Å²) in [5.41, 5.74) is 1.84. The van der Waals surface area contributed by atoms with E-state index in [2.05, 4.69) is 21.2 Å². The van der Waals surface area contributed by atoms with Crippen LogP contribution >= 0.6 is 15.9 Å². The van der Waals surface area contributed by atoms with Gasteiger partial charge in [-0.2, -0.15) is 0 Å². The predicted molar refractivity (Wildman–Crippen MR) is 71.2 cm³/mol. The molecule has 0 bridgehead atoms. The number of dihydropyridines is 1. The highest BCUT2D eigenvalue weighted by molar-refractivity contribution is 9.10. The first-order chi connectivity index (χ1) is 8.68. The monoisotopic (exact) mass is 301 g/mol. The second-order valence-corrected chi connectivity index (χ2v) is 4.93. The molecule has 1 heterocycles. The Labute approximate surface area is 112 Å². The van der Waals surface area contributed by atoms with Crippen LogP contribution in [-0.4, -0.2) is 11.6 Å². The smallest absolute Gasteiger partial charge is 0.198 e. The molecule has 18 heavy (non-hydrogen) atoms. The molecule has 88 valence electrons. The van der Waals surface area contributed by atoms with Crippen LogP contribution in [0.2, 0.25) is 0 Å². The number of allylic oxidation sites excluding steroid dienone is 4. The van der Waals surface area contributed by atoms with E-state index < -0.39 is 0 Å². The molecule has 0 spiro atoms. The maximum Gasteiger partial charge on any atom is 0.198 e. The van der Waals surface area contributed by atoms with Gasteiger partial charge in [0.05, 0.1) is 5.57 Å². The Morgan fingerprint density at radius 1 is 0.944 bits per heavy atom. The van der Waals surface area contributed by atoms with E-state index in [9.17, 15) is 9.59 Å². The minimum atomic E-state index is -0.206. The van der Waals surface area contributed by atoms with E-state index in [1.54, 1.807) is 42.8 Å². The first kappa shape index (κ1) is 11.2. The molecule has 3 rings (SSSR count). The molecule has 1 aromatic rings. The molecule has 1 aliphatic carbocycles. The molecule has 1 aromatic carbocycles. The summed E-state index contributed by atoms with van der Waals surface area (Å²) >= 11 is 3.31. The number of benzene rings is 1. The number of Topliss-reactive ketones (excluding diaryl/α,β-unsaturated/α-hetero) is 2. The molecule has 0 unspecified atom stereocenters. The van der Waals surface area contributed by atoms with Gasteiger partial charge in [-0.3, -0.25) is 9.59 Å². The SMILES string of the molecule is O=C1C(=C2C=CNC=C2)C(=O)c2cc(Br)ccc21. The zero-order valence-corrected chi connectivity index (χ0v) is 10.8. The van der Waals surface area contributed by atoms with Crippen molar-refractivity contribution in [3.8, 4) is 0 Å². The Morgan fingerprint density at radius 2 is 1.61 bits per heavy atom. The largest absolute Gasteiger partial charge is 0.368 e. The number of carbonyl (C=O) groups is 2. The first-order valence-corrected chi connectivity index (χ1v) is 6.20. The summed E-state index contributed by atoms with van der Waals surface area (Å²) in [6.07, 6.45) is 6.85. The van der Waals surface area contributed by atoms with Gasteiger partial charge in [0, 0.05) is 28.0 Å². The van der Waals surface area contributed by atoms with Crippen LogP contribution in [-0.2, 0) is 0 Å². The van der Waals surface area contributed by atoms with Crippen molar-refractivity contribution in [2.75, 3.05) is 0 Å². The van der Waals surface area contributed by atoms with Gasteiger partial charge in [0.25, 0.3) is 0 Å². The third kappa shape index (κ3) is 1.57. The van der Waals surface area contributed by atoms with Crippen molar-refractivity contribution in [1.82, 2.24) is 5.32 Å². The predicted octanol–water partition coefficient (Wildman–Crippen LogP) is 2.76. The number of ketones is 2. The number of carbonyl (C=O) groups excluding carboxylic acids is 2. The average Bonchev–Trinajstić information content (AvgIpc) is 2.63. The maximum atomic E-state index is 12.3. The van der Waals surface area contributed by atoms with Crippen molar-refractivity contribution in [3.63, 3.8) is 0 Å². The van der Waals surface area contributed by atoms with Crippen molar-refractivity contribution >= 4 is 27.5 Å². The Bertz CT molecular complexity index is 654. The van der Waals surface area contributed by atoms with Crippen LogP contribution in [0.15, 0.2) is 58.4 Å². The molecule has 1 N–H and O–H groups in total. The summed E-state index contributed by atoms with van der Waals surface area (Å²) in [7, 11) is 0. The molecule has 0 saturated carbocycles. The lowest BCUT2D eigenvalue weighted by atomic mass is 10.0. The van der Waals surface area contributed by atoms with Crippen LogP contribution in [0, 0.1) is 0 Å². The third-order valence-corrected chi connectivity index (χ3v) is 3.43. The second kappa shape index (κ2) is 4.07. The summed E-state index contributed by atoms with van der Waals surface area (Å²) in [6.45, 7) is 0. The van der Waals surface area contributed by atoms with Crippen LogP contribution in [0.5, 0.6) is 0 Å². The highest BCUT2D eigenvalue weighted by Gasteiger charge is 2.34. The molecule has 3 nitrogen and oxygen atoms in total. The van der Waals surface area contributed by atoms with Crippen molar-refractivity contribution < 1.29 is 9.59 Å². The summed E-state index contributed by atoms with van der Waals surface area (Å²) in [5, 5.41) is 2.87. The quantitative estimate of drug-likeness (QED) is 0.592. The van der Waals surface area contributed by atoms with Gasteiger partial charge in [-0.05, 0) is 35.9 Å². The minimum Gasteiger partial charge on any atom is -0.368 e. The highest BCUT2D eigenvalue weighted by Crippen LogP contribution is 2.31. The molecule has 4 heteroatoms. The van der Waals surface area contributed by atoms with Crippen LogP contribution in [0.1, 0.15) is 20.7 Å². The number of hydrogen-bond donors (Lipinski definition) is 1. The van der Waals surface area contributed by atoms with E-state index in [0.29, 0.717) is 16.7 Å². The zero-order valence-electron chi connectivity index (χ0n) is 9.24. The topological polar surface area (TPSA) is 46.2 Å². The molecule has 1 aliphatic heterocycles. The number of hydrogen-bond acceptors (Lipinski definition) is 3. The first-order valence-electron chi connectivity index (χ1n) is 5.41. The average molecular weight is 302 g/mol. The van der Waals surface area contributed by atoms with Crippen LogP contribution in [0.3, 0.4) is 0 Å². The van der Waals surface area contributed by atoms with E-state index in [-0.39, 0.29) is 17.1 Å². The maximum absolute atomic E-state index is 12.3.